The van der Waals surface area contributed by atoms with Gasteiger partial charge in [0.05, 0.1) is 0 Å². The van der Waals surface area contributed by atoms with Gasteiger partial charge in [0, 0.05) is 25.2 Å². The van der Waals surface area contributed by atoms with Crippen molar-refractivity contribution >= 4 is 0 Å². The molecule has 0 amide bonds. The Balaban J connectivity index is 1.99. The van der Waals surface area contributed by atoms with E-state index < -0.39 is 0 Å². The van der Waals surface area contributed by atoms with Crippen LogP contribution < -0.4 is 5.73 Å². The molecule has 0 saturated heterocycles. The van der Waals surface area contributed by atoms with Crippen molar-refractivity contribution in [1.82, 2.24) is 4.90 Å². The summed E-state index contributed by atoms with van der Waals surface area (Å²) in [5.41, 5.74) is 6.02. The minimum absolute atomic E-state index is 0.686. The van der Waals surface area contributed by atoms with E-state index in [1.165, 1.54) is 45.1 Å². The molecule has 16 heavy (non-hydrogen) atoms. The number of nitrogens with zero attached hydrogens (tertiary/aromatic N) is 1. The lowest BCUT2D eigenvalue weighted by molar-refractivity contribution is 0.108. The van der Waals surface area contributed by atoms with Crippen molar-refractivity contribution in [2.75, 3.05) is 13.1 Å². The Labute approximate surface area is 101 Å². The second-order valence-electron chi connectivity index (χ2n) is 6.17. The van der Waals surface area contributed by atoms with Gasteiger partial charge in [0.2, 0.25) is 0 Å². The molecule has 0 heterocycles. The van der Waals surface area contributed by atoms with E-state index in [9.17, 15) is 0 Å². The van der Waals surface area contributed by atoms with Gasteiger partial charge >= 0.3 is 0 Å². The largest absolute Gasteiger partial charge is 0.329 e. The van der Waals surface area contributed by atoms with Gasteiger partial charge in [-0.05, 0) is 37.5 Å². The van der Waals surface area contributed by atoms with Gasteiger partial charge in [-0.3, -0.25) is 4.90 Å². The molecular weight excluding hydrogens is 196 g/mol. The Kier molecular flexibility index (Phi) is 4.26. The fraction of sp³-hybridized carbons (Fsp3) is 1.00. The summed E-state index contributed by atoms with van der Waals surface area (Å²) < 4.78 is 0. The summed E-state index contributed by atoms with van der Waals surface area (Å²) in [6, 6.07) is 1.53. The first-order valence-corrected chi connectivity index (χ1v) is 7.18. The molecule has 0 radical (unpaired) electrons. The smallest absolute Gasteiger partial charge is 0.0249 e. The molecule has 0 spiro atoms. The lowest BCUT2D eigenvalue weighted by Gasteiger charge is -2.37. The molecule has 0 bridgehead atoms. The summed E-state index contributed by atoms with van der Waals surface area (Å²) in [5, 5.41) is 0. The quantitative estimate of drug-likeness (QED) is 0.751. The van der Waals surface area contributed by atoms with E-state index in [2.05, 4.69) is 18.7 Å². The molecule has 2 fully saturated rings. The first-order valence-electron chi connectivity index (χ1n) is 7.18. The summed E-state index contributed by atoms with van der Waals surface area (Å²) in [4.78, 5) is 2.77. The van der Waals surface area contributed by atoms with Crippen LogP contribution in [0.5, 0.6) is 0 Å². The lowest BCUT2D eigenvalue weighted by atomic mass is 10.0. The van der Waals surface area contributed by atoms with Crippen molar-refractivity contribution in [3.63, 3.8) is 0 Å². The number of hydrogen-bond acceptors (Lipinski definition) is 2. The van der Waals surface area contributed by atoms with Crippen molar-refractivity contribution in [2.24, 2.45) is 17.6 Å². The van der Waals surface area contributed by atoms with Gasteiger partial charge in [0.15, 0.2) is 0 Å². The van der Waals surface area contributed by atoms with Gasteiger partial charge in [-0.15, -0.1) is 0 Å². The van der Waals surface area contributed by atoms with E-state index in [4.69, 9.17) is 5.73 Å². The molecule has 0 aromatic heterocycles. The van der Waals surface area contributed by atoms with Crippen molar-refractivity contribution in [2.45, 2.75) is 64.5 Å². The van der Waals surface area contributed by atoms with Crippen LogP contribution in [-0.2, 0) is 0 Å². The maximum absolute atomic E-state index is 6.02. The second kappa shape index (κ2) is 5.50. The van der Waals surface area contributed by atoms with Crippen molar-refractivity contribution in [1.29, 1.82) is 0 Å². The SMILES string of the molecule is CC(C)CN(C1CCCC1)C(CN)C1CC1. The van der Waals surface area contributed by atoms with Crippen LogP contribution in [0.3, 0.4) is 0 Å². The van der Waals surface area contributed by atoms with Crippen LogP contribution in [0, 0.1) is 11.8 Å². The Morgan fingerprint density at radius 2 is 1.75 bits per heavy atom. The zero-order valence-corrected chi connectivity index (χ0v) is 11.0. The third kappa shape index (κ3) is 2.98. The van der Waals surface area contributed by atoms with E-state index in [0.29, 0.717) is 6.04 Å². The first-order chi connectivity index (χ1) is 7.72. The monoisotopic (exact) mass is 224 g/mol. The van der Waals surface area contributed by atoms with E-state index >= 15 is 0 Å². The molecule has 2 rings (SSSR count). The minimum Gasteiger partial charge on any atom is -0.329 e. The molecule has 2 aliphatic carbocycles. The highest BCUT2D eigenvalue weighted by atomic mass is 15.2. The normalized spacial score (nSPS) is 24.6. The molecule has 2 saturated carbocycles. The molecule has 94 valence electrons. The molecule has 2 N–H and O–H groups in total. The molecule has 0 aromatic carbocycles. The molecule has 1 unspecified atom stereocenters. The van der Waals surface area contributed by atoms with E-state index in [-0.39, 0.29) is 0 Å². The number of hydrogen-bond donors (Lipinski definition) is 1. The lowest BCUT2D eigenvalue weighted by Crippen LogP contribution is -2.48. The van der Waals surface area contributed by atoms with Crippen LogP contribution in [-0.4, -0.2) is 30.1 Å². The van der Waals surface area contributed by atoms with Gasteiger partial charge in [0.25, 0.3) is 0 Å². The Bertz CT molecular complexity index is 205. The number of rotatable bonds is 6. The molecular formula is C14H28N2. The predicted octanol–water partition coefficient (Wildman–Crippen LogP) is 2.62. The Morgan fingerprint density at radius 1 is 1.12 bits per heavy atom. The summed E-state index contributed by atoms with van der Waals surface area (Å²) in [7, 11) is 0. The van der Waals surface area contributed by atoms with Gasteiger partial charge in [-0.25, -0.2) is 0 Å². The van der Waals surface area contributed by atoms with Gasteiger partial charge in [0.1, 0.15) is 0 Å². The minimum atomic E-state index is 0.686. The average Bonchev–Trinajstić information content (AvgIpc) is 2.93. The van der Waals surface area contributed by atoms with Crippen LogP contribution in [0.25, 0.3) is 0 Å². The van der Waals surface area contributed by atoms with E-state index in [1.54, 1.807) is 0 Å². The maximum Gasteiger partial charge on any atom is 0.0249 e. The average molecular weight is 224 g/mol. The molecule has 0 aliphatic heterocycles. The zero-order chi connectivity index (χ0) is 11.5. The molecule has 0 aromatic rings. The highest BCUT2D eigenvalue weighted by Gasteiger charge is 2.37. The number of nitrogens with two attached hydrogens (primary N) is 1. The first kappa shape index (κ1) is 12.4. The fourth-order valence-electron chi connectivity index (χ4n) is 3.29. The Hall–Kier alpha value is -0.0800. The molecule has 1 atom stereocenters. The van der Waals surface area contributed by atoms with Crippen molar-refractivity contribution in [3.05, 3.63) is 0 Å². The van der Waals surface area contributed by atoms with E-state index in [0.717, 1.165) is 24.4 Å². The van der Waals surface area contributed by atoms with Gasteiger partial charge in [-0.2, -0.15) is 0 Å². The van der Waals surface area contributed by atoms with Crippen LogP contribution in [0.15, 0.2) is 0 Å². The van der Waals surface area contributed by atoms with Crippen LogP contribution in [0.2, 0.25) is 0 Å². The predicted molar refractivity (Wildman–Crippen MR) is 69.4 cm³/mol. The topological polar surface area (TPSA) is 29.3 Å². The third-order valence-electron chi connectivity index (χ3n) is 4.20. The molecule has 2 nitrogen and oxygen atoms in total. The summed E-state index contributed by atoms with van der Waals surface area (Å²) >= 11 is 0. The van der Waals surface area contributed by atoms with Crippen molar-refractivity contribution in [3.8, 4) is 0 Å². The van der Waals surface area contributed by atoms with Crippen LogP contribution >= 0.6 is 0 Å². The van der Waals surface area contributed by atoms with Gasteiger partial charge < -0.3 is 5.73 Å². The second-order valence-corrected chi connectivity index (χ2v) is 6.17. The highest BCUT2D eigenvalue weighted by Crippen LogP contribution is 2.38. The van der Waals surface area contributed by atoms with Crippen LogP contribution in [0.1, 0.15) is 52.4 Å². The molecule has 2 aliphatic rings. The Morgan fingerprint density at radius 3 is 2.19 bits per heavy atom. The standard InChI is InChI=1S/C14H28N2/c1-11(2)10-16(13-5-3-4-6-13)14(9-15)12-7-8-12/h11-14H,3-10,15H2,1-2H3. The fourth-order valence-corrected chi connectivity index (χ4v) is 3.29. The highest BCUT2D eigenvalue weighted by molar-refractivity contribution is 4.93. The van der Waals surface area contributed by atoms with Crippen LogP contribution in [0.4, 0.5) is 0 Å². The molecule has 2 heteroatoms. The summed E-state index contributed by atoms with van der Waals surface area (Å²) in [6.45, 7) is 6.79. The maximum atomic E-state index is 6.02. The van der Waals surface area contributed by atoms with Crippen molar-refractivity contribution < 1.29 is 0 Å². The zero-order valence-electron chi connectivity index (χ0n) is 11.0. The summed E-state index contributed by atoms with van der Waals surface area (Å²) in [5.74, 6) is 1.69. The summed E-state index contributed by atoms with van der Waals surface area (Å²) in [6.07, 6.45) is 8.53. The third-order valence-corrected chi connectivity index (χ3v) is 4.20. The van der Waals surface area contributed by atoms with Gasteiger partial charge in [-0.1, -0.05) is 26.7 Å². The van der Waals surface area contributed by atoms with E-state index in [1.807, 2.05) is 0 Å².